The summed E-state index contributed by atoms with van der Waals surface area (Å²) in [4.78, 5) is 5.70. The number of rotatable bonds is 7. The Morgan fingerprint density at radius 3 is 2.41 bits per heavy atom. The summed E-state index contributed by atoms with van der Waals surface area (Å²) in [5, 5.41) is 11.6. The molecule has 32 heavy (non-hydrogen) atoms. The summed E-state index contributed by atoms with van der Waals surface area (Å²) in [6.07, 6.45) is 0. The number of ether oxygens (including phenoxy) is 2. The van der Waals surface area contributed by atoms with Crippen molar-refractivity contribution in [3.8, 4) is 17.0 Å². The summed E-state index contributed by atoms with van der Waals surface area (Å²) in [5.41, 5.74) is 2.50. The maximum Gasteiger partial charge on any atom is 0.243 e. The fraction of sp³-hybridized carbons (Fsp3) is 0.318. The first-order valence-corrected chi connectivity index (χ1v) is 12.5. The molecular formula is C22H25N3O5S2. The van der Waals surface area contributed by atoms with Gasteiger partial charge in [-0.2, -0.15) is 4.31 Å². The number of sulfonamides is 1. The molecule has 1 aliphatic heterocycles. The fourth-order valence-corrected chi connectivity index (χ4v) is 5.83. The van der Waals surface area contributed by atoms with Crippen molar-refractivity contribution in [1.29, 1.82) is 0 Å². The number of aromatic nitrogens is 1. The van der Waals surface area contributed by atoms with Crippen LogP contribution in [0.4, 0.5) is 5.69 Å². The largest absolute Gasteiger partial charge is 0.497 e. The number of nitrogens with zero attached hydrogens (tertiary/aromatic N) is 3. The van der Waals surface area contributed by atoms with E-state index in [0.29, 0.717) is 32.8 Å². The third-order valence-electron chi connectivity index (χ3n) is 5.18. The van der Waals surface area contributed by atoms with E-state index in [1.165, 1.54) is 15.6 Å². The average molecular weight is 476 g/mol. The van der Waals surface area contributed by atoms with Gasteiger partial charge < -0.3 is 19.1 Å². The van der Waals surface area contributed by atoms with E-state index in [1.54, 1.807) is 31.4 Å². The summed E-state index contributed by atoms with van der Waals surface area (Å²) in [7, 11) is -1.93. The third-order valence-corrected chi connectivity index (χ3v) is 7.95. The highest BCUT2D eigenvalue weighted by molar-refractivity contribution is 7.89. The SMILES string of the molecule is COc1ccc(N=c2scc(-c3ccc(S(=O)(=O)N4CCOCC4)cc3)n2CCO)cc1. The molecule has 2 heterocycles. The highest BCUT2D eigenvalue weighted by atomic mass is 32.2. The minimum atomic E-state index is -3.54. The van der Waals surface area contributed by atoms with Gasteiger partial charge in [0.25, 0.3) is 0 Å². The lowest BCUT2D eigenvalue weighted by Crippen LogP contribution is -2.40. The maximum atomic E-state index is 12.9. The molecule has 0 spiro atoms. The van der Waals surface area contributed by atoms with Crippen molar-refractivity contribution in [3.05, 3.63) is 58.7 Å². The van der Waals surface area contributed by atoms with Crippen LogP contribution in [0.2, 0.25) is 0 Å². The number of aliphatic hydroxyl groups excluding tert-OH is 1. The lowest BCUT2D eigenvalue weighted by molar-refractivity contribution is 0.0730. The molecule has 4 rings (SSSR count). The number of aliphatic hydroxyl groups is 1. The smallest absolute Gasteiger partial charge is 0.243 e. The van der Waals surface area contributed by atoms with Crippen molar-refractivity contribution in [2.24, 2.45) is 4.99 Å². The summed E-state index contributed by atoms with van der Waals surface area (Å²) < 4.78 is 39.6. The Morgan fingerprint density at radius 1 is 1.09 bits per heavy atom. The molecule has 0 bridgehead atoms. The zero-order chi connectivity index (χ0) is 22.6. The molecule has 8 nitrogen and oxygen atoms in total. The molecule has 1 aliphatic rings. The molecule has 2 aromatic carbocycles. The molecule has 0 saturated carbocycles. The highest BCUT2D eigenvalue weighted by Gasteiger charge is 2.26. The van der Waals surface area contributed by atoms with E-state index in [-0.39, 0.29) is 11.5 Å². The minimum Gasteiger partial charge on any atom is -0.497 e. The number of hydrogen-bond donors (Lipinski definition) is 1. The van der Waals surface area contributed by atoms with E-state index in [2.05, 4.69) is 0 Å². The molecular weight excluding hydrogens is 450 g/mol. The number of methoxy groups -OCH3 is 1. The highest BCUT2D eigenvalue weighted by Crippen LogP contribution is 2.25. The quantitative estimate of drug-likeness (QED) is 0.567. The Bertz CT molecular complexity index is 1210. The molecule has 3 aromatic rings. The Morgan fingerprint density at radius 2 is 1.78 bits per heavy atom. The van der Waals surface area contributed by atoms with Gasteiger partial charge in [0, 0.05) is 25.0 Å². The van der Waals surface area contributed by atoms with E-state index in [0.717, 1.165) is 27.5 Å². The van der Waals surface area contributed by atoms with Crippen LogP contribution in [0.5, 0.6) is 5.75 Å². The van der Waals surface area contributed by atoms with Crippen LogP contribution in [0.1, 0.15) is 0 Å². The van der Waals surface area contributed by atoms with Gasteiger partial charge in [-0.25, -0.2) is 13.4 Å². The molecule has 0 amide bonds. The molecule has 0 radical (unpaired) electrons. The van der Waals surface area contributed by atoms with Crippen LogP contribution >= 0.6 is 11.3 Å². The third kappa shape index (κ3) is 4.79. The average Bonchev–Trinajstić information content (AvgIpc) is 3.22. The van der Waals surface area contributed by atoms with Gasteiger partial charge in [-0.3, -0.25) is 0 Å². The van der Waals surface area contributed by atoms with Crippen molar-refractivity contribution < 1.29 is 23.0 Å². The standard InChI is InChI=1S/C22H25N3O5S2/c1-29-19-6-4-18(5-7-19)23-22-25(10-13-26)21(16-31-22)17-2-8-20(9-3-17)32(27,28)24-11-14-30-15-12-24/h2-9,16,26H,10-15H2,1H3. The second kappa shape index (κ2) is 9.97. The van der Waals surface area contributed by atoms with Gasteiger partial charge in [0.1, 0.15) is 5.75 Å². The normalized spacial score (nSPS) is 15.8. The van der Waals surface area contributed by atoms with E-state index < -0.39 is 10.0 Å². The van der Waals surface area contributed by atoms with Crippen LogP contribution in [0.3, 0.4) is 0 Å². The second-order valence-corrected chi connectivity index (χ2v) is 9.90. The number of hydrogen-bond acceptors (Lipinski definition) is 7. The maximum absolute atomic E-state index is 12.9. The summed E-state index contributed by atoms with van der Waals surface area (Å²) >= 11 is 1.46. The summed E-state index contributed by atoms with van der Waals surface area (Å²) in [5.74, 6) is 0.756. The van der Waals surface area contributed by atoms with Gasteiger partial charge in [-0.1, -0.05) is 12.1 Å². The molecule has 1 fully saturated rings. The first-order chi connectivity index (χ1) is 15.5. The molecule has 170 valence electrons. The van der Waals surface area contributed by atoms with Gasteiger partial charge in [-0.15, -0.1) is 11.3 Å². The molecule has 10 heteroatoms. The first kappa shape index (κ1) is 22.7. The fourth-order valence-electron chi connectivity index (χ4n) is 3.47. The van der Waals surface area contributed by atoms with E-state index in [4.69, 9.17) is 14.5 Å². The molecule has 1 aromatic heterocycles. The van der Waals surface area contributed by atoms with Crippen molar-refractivity contribution >= 4 is 27.0 Å². The second-order valence-electron chi connectivity index (χ2n) is 7.13. The van der Waals surface area contributed by atoms with E-state index in [1.807, 2.05) is 34.2 Å². The van der Waals surface area contributed by atoms with Gasteiger partial charge in [0.15, 0.2) is 4.80 Å². The zero-order valence-electron chi connectivity index (χ0n) is 17.7. The molecule has 0 atom stereocenters. The summed E-state index contributed by atoms with van der Waals surface area (Å²) in [6.45, 7) is 1.88. The molecule has 1 N–H and O–H groups in total. The minimum absolute atomic E-state index is 0.0387. The summed E-state index contributed by atoms with van der Waals surface area (Å²) in [6, 6.07) is 14.3. The van der Waals surface area contributed by atoms with Crippen molar-refractivity contribution in [1.82, 2.24) is 8.87 Å². The van der Waals surface area contributed by atoms with Crippen LogP contribution in [0.25, 0.3) is 11.3 Å². The van der Waals surface area contributed by atoms with Gasteiger partial charge in [0.2, 0.25) is 10.0 Å². The van der Waals surface area contributed by atoms with Crippen LogP contribution in [-0.2, 0) is 21.3 Å². The lowest BCUT2D eigenvalue weighted by atomic mass is 10.2. The van der Waals surface area contributed by atoms with Crippen molar-refractivity contribution in [3.63, 3.8) is 0 Å². The van der Waals surface area contributed by atoms with Gasteiger partial charge in [-0.05, 0) is 42.0 Å². The Kier molecular flexibility index (Phi) is 7.07. The first-order valence-electron chi connectivity index (χ1n) is 10.2. The molecule has 0 unspecified atom stereocenters. The van der Waals surface area contributed by atoms with Crippen LogP contribution in [0, 0.1) is 0 Å². The van der Waals surface area contributed by atoms with Crippen molar-refractivity contribution in [2.45, 2.75) is 11.4 Å². The van der Waals surface area contributed by atoms with Crippen molar-refractivity contribution in [2.75, 3.05) is 40.0 Å². The molecule has 1 saturated heterocycles. The predicted octanol–water partition coefficient (Wildman–Crippen LogP) is 2.47. The number of benzene rings is 2. The van der Waals surface area contributed by atoms with Crippen LogP contribution in [0.15, 0.2) is 63.8 Å². The van der Waals surface area contributed by atoms with Crippen LogP contribution in [-0.4, -0.2) is 62.4 Å². The zero-order valence-corrected chi connectivity index (χ0v) is 19.3. The van der Waals surface area contributed by atoms with E-state index >= 15 is 0 Å². The Balaban J connectivity index is 1.65. The molecule has 0 aliphatic carbocycles. The monoisotopic (exact) mass is 475 g/mol. The number of thiazole rings is 1. The number of morpholine rings is 1. The van der Waals surface area contributed by atoms with E-state index in [9.17, 15) is 13.5 Å². The lowest BCUT2D eigenvalue weighted by Gasteiger charge is -2.26. The van der Waals surface area contributed by atoms with Gasteiger partial charge >= 0.3 is 0 Å². The predicted molar refractivity (Wildman–Crippen MR) is 123 cm³/mol. The Labute approximate surface area is 191 Å². The Hall–Kier alpha value is -2.50. The van der Waals surface area contributed by atoms with Crippen LogP contribution < -0.4 is 9.54 Å². The van der Waals surface area contributed by atoms with Gasteiger partial charge in [0.05, 0.1) is 43.2 Å². The topological polar surface area (TPSA) is 93.4 Å².